The minimum absolute atomic E-state index is 0.640. The lowest BCUT2D eigenvalue weighted by molar-refractivity contribution is 0.293. The van der Waals surface area contributed by atoms with E-state index in [0.717, 1.165) is 23.0 Å². The van der Waals surface area contributed by atoms with Gasteiger partial charge in [-0.05, 0) is 67.1 Å². The molecular weight excluding hydrogens is 301 g/mol. The molecule has 0 aromatic heterocycles. The minimum atomic E-state index is 0.640. The third-order valence-electron chi connectivity index (χ3n) is 4.22. The van der Waals surface area contributed by atoms with Crippen molar-refractivity contribution in [2.75, 3.05) is 6.54 Å². The van der Waals surface area contributed by atoms with Crippen LogP contribution in [-0.2, 0) is 6.42 Å². The van der Waals surface area contributed by atoms with E-state index in [2.05, 4.69) is 29.6 Å². The molecule has 1 saturated carbocycles. The maximum Gasteiger partial charge on any atom is 0.0408 e. The van der Waals surface area contributed by atoms with E-state index in [1.54, 1.807) is 0 Å². The molecule has 0 heterocycles. The molecule has 0 aliphatic heterocycles. The lowest BCUT2D eigenvalue weighted by Gasteiger charge is -2.36. The van der Waals surface area contributed by atoms with E-state index in [0.29, 0.717) is 12.0 Å². The van der Waals surface area contributed by atoms with Gasteiger partial charge in [0.05, 0.1) is 0 Å². The van der Waals surface area contributed by atoms with Gasteiger partial charge in [-0.2, -0.15) is 0 Å². The first-order valence-corrected chi connectivity index (χ1v) is 8.19. The molecule has 0 atom stereocenters. The predicted octanol–water partition coefficient (Wildman–Crippen LogP) is 5.07. The van der Waals surface area contributed by atoms with Crippen LogP contribution in [-0.4, -0.2) is 12.6 Å². The molecule has 2 aromatic carbocycles. The second-order valence-corrected chi connectivity index (χ2v) is 6.62. The maximum absolute atomic E-state index is 6.04. The van der Waals surface area contributed by atoms with Crippen molar-refractivity contribution in [3.05, 3.63) is 69.7 Å². The van der Waals surface area contributed by atoms with E-state index < -0.39 is 0 Å². The highest BCUT2D eigenvalue weighted by molar-refractivity contribution is 6.30. The first-order valence-electron chi connectivity index (χ1n) is 7.44. The monoisotopic (exact) mass is 319 g/mol. The van der Waals surface area contributed by atoms with Crippen LogP contribution in [0.2, 0.25) is 10.0 Å². The standard InChI is InChI=1S/C18H19Cl2N/c19-16-6-4-13(5-7-16)8-9-21-18-11-15(12-18)14-2-1-3-17(20)10-14/h1-7,10,15,18,21H,8-9,11-12H2. The van der Waals surface area contributed by atoms with E-state index in [1.807, 2.05) is 24.3 Å². The van der Waals surface area contributed by atoms with E-state index in [4.69, 9.17) is 23.2 Å². The Morgan fingerprint density at radius 1 is 0.952 bits per heavy atom. The average molecular weight is 320 g/mol. The SMILES string of the molecule is Clc1ccc(CCNC2CC(c3cccc(Cl)c3)C2)cc1. The summed E-state index contributed by atoms with van der Waals surface area (Å²) < 4.78 is 0. The first-order chi connectivity index (χ1) is 10.2. The lowest BCUT2D eigenvalue weighted by Crippen LogP contribution is -2.40. The zero-order valence-corrected chi connectivity index (χ0v) is 13.4. The Morgan fingerprint density at radius 2 is 1.71 bits per heavy atom. The van der Waals surface area contributed by atoms with Gasteiger partial charge in [-0.25, -0.2) is 0 Å². The largest absolute Gasteiger partial charge is 0.314 e. The van der Waals surface area contributed by atoms with E-state index in [1.165, 1.54) is 24.0 Å². The number of nitrogens with one attached hydrogen (secondary N) is 1. The number of rotatable bonds is 5. The number of benzene rings is 2. The third-order valence-corrected chi connectivity index (χ3v) is 4.71. The molecule has 2 aromatic rings. The quantitative estimate of drug-likeness (QED) is 0.811. The van der Waals surface area contributed by atoms with Crippen molar-refractivity contribution >= 4 is 23.2 Å². The van der Waals surface area contributed by atoms with Crippen molar-refractivity contribution < 1.29 is 0 Å². The Hall–Kier alpha value is -1.02. The van der Waals surface area contributed by atoms with Gasteiger partial charge in [-0.3, -0.25) is 0 Å². The van der Waals surface area contributed by atoms with Gasteiger partial charge in [0.25, 0.3) is 0 Å². The second-order valence-electron chi connectivity index (χ2n) is 5.75. The Balaban J connectivity index is 1.40. The summed E-state index contributed by atoms with van der Waals surface area (Å²) in [5, 5.41) is 5.27. The summed E-state index contributed by atoms with van der Waals surface area (Å²) >= 11 is 11.9. The lowest BCUT2D eigenvalue weighted by atomic mass is 9.76. The van der Waals surface area contributed by atoms with Crippen LogP contribution in [0.4, 0.5) is 0 Å². The van der Waals surface area contributed by atoms with Crippen LogP contribution in [0.25, 0.3) is 0 Å². The van der Waals surface area contributed by atoms with Crippen LogP contribution in [0.1, 0.15) is 29.9 Å². The van der Waals surface area contributed by atoms with Crippen molar-refractivity contribution in [1.29, 1.82) is 0 Å². The van der Waals surface area contributed by atoms with Gasteiger partial charge in [0, 0.05) is 16.1 Å². The molecular formula is C18H19Cl2N. The van der Waals surface area contributed by atoms with E-state index in [-0.39, 0.29) is 0 Å². The van der Waals surface area contributed by atoms with Gasteiger partial charge in [-0.15, -0.1) is 0 Å². The number of halogens is 2. The molecule has 0 unspecified atom stereocenters. The van der Waals surface area contributed by atoms with Gasteiger partial charge in [0.15, 0.2) is 0 Å². The van der Waals surface area contributed by atoms with Gasteiger partial charge in [-0.1, -0.05) is 47.5 Å². The zero-order chi connectivity index (χ0) is 14.7. The third kappa shape index (κ3) is 4.00. The topological polar surface area (TPSA) is 12.0 Å². The molecule has 21 heavy (non-hydrogen) atoms. The summed E-state index contributed by atoms with van der Waals surface area (Å²) in [6.07, 6.45) is 3.47. The molecule has 0 amide bonds. The predicted molar refractivity (Wildman–Crippen MR) is 90.4 cm³/mol. The van der Waals surface area contributed by atoms with E-state index in [9.17, 15) is 0 Å². The Morgan fingerprint density at radius 3 is 2.43 bits per heavy atom. The van der Waals surface area contributed by atoms with Gasteiger partial charge in [0.2, 0.25) is 0 Å². The highest BCUT2D eigenvalue weighted by atomic mass is 35.5. The molecule has 3 rings (SSSR count). The highest BCUT2D eigenvalue weighted by Gasteiger charge is 2.29. The van der Waals surface area contributed by atoms with Crippen LogP contribution < -0.4 is 5.32 Å². The Labute approximate surface area is 136 Å². The zero-order valence-electron chi connectivity index (χ0n) is 11.9. The fourth-order valence-electron chi connectivity index (χ4n) is 2.89. The van der Waals surface area contributed by atoms with Crippen molar-refractivity contribution in [1.82, 2.24) is 5.32 Å². The van der Waals surface area contributed by atoms with Crippen LogP contribution in [0.3, 0.4) is 0 Å². The molecule has 1 aliphatic carbocycles. The first kappa shape index (κ1) is 14.9. The average Bonchev–Trinajstić information content (AvgIpc) is 2.43. The fourth-order valence-corrected chi connectivity index (χ4v) is 3.21. The summed E-state index contributed by atoms with van der Waals surface area (Å²) in [6.45, 7) is 1.02. The smallest absolute Gasteiger partial charge is 0.0408 e. The normalized spacial score (nSPS) is 21.0. The number of hydrogen-bond donors (Lipinski definition) is 1. The maximum atomic E-state index is 6.04. The molecule has 1 aliphatic rings. The Kier molecular flexibility index (Phi) is 4.84. The van der Waals surface area contributed by atoms with Gasteiger partial charge < -0.3 is 5.32 Å². The summed E-state index contributed by atoms with van der Waals surface area (Å²) in [7, 11) is 0. The van der Waals surface area contributed by atoms with Gasteiger partial charge >= 0.3 is 0 Å². The van der Waals surface area contributed by atoms with Crippen LogP contribution in [0.15, 0.2) is 48.5 Å². The molecule has 1 N–H and O–H groups in total. The fraction of sp³-hybridized carbons (Fsp3) is 0.333. The van der Waals surface area contributed by atoms with Crippen LogP contribution in [0, 0.1) is 0 Å². The molecule has 1 nitrogen and oxygen atoms in total. The van der Waals surface area contributed by atoms with Crippen LogP contribution in [0.5, 0.6) is 0 Å². The molecule has 0 radical (unpaired) electrons. The van der Waals surface area contributed by atoms with Crippen LogP contribution >= 0.6 is 23.2 Å². The summed E-state index contributed by atoms with van der Waals surface area (Å²) in [4.78, 5) is 0. The molecule has 110 valence electrons. The summed E-state index contributed by atoms with van der Waals surface area (Å²) in [6, 6.07) is 17.0. The molecule has 3 heteroatoms. The van der Waals surface area contributed by atoms with Crippen molar-refractivity contribution in [2.45, 2.75) is 31.2 Å². The Bertz CT molecular complexity index is 588. The van der Waals surface area contributed by atoms with Crippen molar-refractivity contribution in [3.8, 4) is 0 Å². The molecule has 0 bridgehead atoms. The van der Waals surface area contributed by atoms with Gasteiger partial charge in [0.1, 0.15) is 0 Å². The van der Waals surface area contributed by atoms with Crippen molar-refractivity contribution in [3.63, 3.8) is 0 Å². The van der Waals surface area contributed by atoms with Crippen molar-refractivity contribution in [2.24, 2.45) is 0 Å². The molecule has 0 saturated heterocycles. The molecule has 0 spiro atoms. The van der Waals surface area contributed by atoms with E-state index >= 15 is 0 Å². The summed E-state index contributed by atoms with van der Waals surface area (Å²) in [5.74, 6) is 0.664. The summed E-state index contributed by atoms with van der Waals surface area (Å²) in [5.41, 5.74) is 2.70. The number of hydrogen-bond acceptors (Lipinski definition) is 1. The minimum Gasteiger partial charge on any atom is -0.314 e. The second kappa shape index (κ2) is 6.83. The molecule has 1 fully saturated rings. The highest BCUT2D eigenvalue weighted by Crippen LogP contribution is 2.37.